The van der Waals surface area contributed by atoms with Crippen molar-refractivity contribution in [3.05, 3.63) is 21.9 Å². The number of carbonyl (C=O) groups excluding carboxylic acids is 1. The first-order chi connectivity index (χ1) is 8.83. The van der Waals surface area contributed by atoms with E-state index < -0.39 is 15.9 Å². The third-order valence-electron chi connectivity index (χ3n) is 2.21. The highest BCUT2D eigenvalue weighted by Gasteiger charge is 2.18. The van der Waals surface area contributed by atoms with Crippen molar-refractivity contribution in [2.45, 2.75) is 24.2 Å². The fourth-order valence-electron chi connectivity index (χ4n) is 1.30. The minimum absolute atomic E-state index is 0.0848. The lowest BCUT2D eigenvalue weighted by molar-refractivity contribution is -0.118. The maximum absolute atomic E-state index is 12.0. The summed E-state index contributed by atoms with van der Waals surface area (Å²) in [4.78, 5) is 14.2. The maximum Gasteiger partial charge on any atom is 0.243 e. The number of hydrogen-bond donors (Lipinski definition) is 2. The van der Waals surface area contributed by atoms with Crippen LogP contribution >= 0.6 is 27.5 Å². The molecular formula is C10H13BrClN3O3S. The summed E-state index contributed by atoms with van der Waals surface area (Å²) in [6.07, 6.45) is 2.69. The number of nitrogens with zero attached hydrogens (tertiary/aromatic N) is 1. The molecule has 0 fully saturated rings. The van der Waals surface area contributed by atoms with Crippen LogP contribution in [0.2, 0.25) is 5.15 Å². The lowest BCUT2D eigenvalue weighted by Gasteiger charge is -2.07. The monoisotopic (exact) mass is 369 g/mol. The van der Waals surface area contributed by atoms with E-state index in [9.17, 15) is 13.2 Å². The molecule has 0 aromatic carbocycles. The van der Waals surface area contributed by atoms with Crippen LogP contribution in [-0.2, 0) is 14.8 Å². The minimum Gasteiger partial charge on any atom is -0.370 e. The number of nitrogens with two attached hydrogens (primary N) is 1. The number of unbranched alkanes of at least 4 members (excludes halogenated alkanes) is 1. The van der Waals surface area contributed by atoms with E-state index in [1.807, 2.05) is 0 Å². The zero-order valence-corrected chi connectivity index (χ0v) is 13.1. The van der Waals surface area contributed by atoms with Gasteiger partial charge < -0.3 is 5.73 Å². The SMILES string of the molecule is NC(=O)CCCCNS(=O)(=O)c1cc(Br)cnc1Cl. The van der Waals surface area contributed by atoms with E-state index in [1.54, 1.807) is 0 Å². The lowest BCUT2D eigenvalue weighted by atomic mass is 10.2. The van der Waals surface area contributed by atoms with E-state index in [0.29, 0.717) is 17.3 Å². The van der Waals surface area contributed by atoms with Crippen molar-refractivity contribution in [2.75, 3.05) is 6.54 Å². The van der Waals surface area contributed by atoms with Crippen LogP contribution in [0.15, 0.2) is 21.6 Å². The Labute approximate surface area is 124 Å². The zero-order valence-electron chi connectivity index (χ0n) is 9.90. The maximum atomic E-state index is 12.0. The summed E-state index contributed by atoms with van der Waals surface area (Å²) in [6, 6.07) is 1.38. The molecule has 0 aliphatic heterocycles. The highest BCUT2D eigenvalue weighted by atomic mass is 79.9. The molecule has 0 saturated carbocycles. The molecule has 0 unspecified atom stereocenters. The Balaban J connectivity index is 2.61. The third kappa shape index (κ3) is 5.43. The number of carbonyl (C=O) groups is 1. The molecule has 1 amide bonds. The summed E-state index contributed by atoms with van der Waals surface area (Å²) in [5, 5.41) is -0.0900. The van der Waals surface area contributed by atoms with Crippen LogP contribution in [0.25, 0.3) is 0 Å². The van der Waals surface area contributed by atoms with Crippen molar-refractivity contribution >= 4 is 43.5 Å². The first-order valence-corrected chi connectivity index (χ1v) is 8.07. The van der Waals surface area contributed by atoms with E-state index in [4.69, 9.17) is 17.3 Å². The van der Waals surface area contributed by atoms with Gasteiger partial charge in [-0.15, -0.1) is 0 Å². The Morgan fingerprint density at radius 1 is 1.47 bits per heavy atom. The predicted molar refractivity (Wildman–Crippen MR) is 75.2 cm³/mol. The molecule has 0 atom stereocenters. The van der Waals surface area contributed by atoms with Crippen LogP contribution < -0.4 is 10.5 Å². The third-order valence-corrected chi connectivity index (χ3v) is 4.53. The van der Waals surface area contributed by atoms with E-state index in [2.05, 4.69) is 25.6 Å². The number of primary amides is 1. The smallest absolute Gasteiger partial charge is 0.243 e. The average Bonchev–Trinajstić information content (AvgIpc) is 2.31. The predicted octanol–water partition coefficient (Wildman–Crippen LogP) is 1.43. The molecule has 0 saturated heterocycles. The topological polar surface area (TPSA) is 102 Å². The number of nitrogens with one attached hydrogen (secondary N) is 1. The van der Waals surface area contributed by atoms with Gasteiger partial charge in [-0.05, 0) is 34.8 Å². The first kappa shape index (κ1) is 16.4. The molecule has 0 spiro atoms. The molecule has 1 aromatic heterocycles. The van der Waals surface area contributed by atoms with Crippen molar-refractivity contribution in [3.63, 3.8) is 0 Å². The molecule has 6 nitrogen and oxygen atoms in total. The Kier molecular flexibility index (Phi) is 6.18. The van der Waals surface area contributed by atoms with Gasteiger partial charge in [0.15, 0.2) is 0 Å². The van der Waals surface area contributed by atoms with Crippen LogP contribution in [0.3, 0.4) is 0 Å². The van der Waals surface area contributed by atoms with E-state index in [0.717, 1.165) is 0 Å². The Morgan fingerprint density at radius 3 is 2.79 bits per heavy atom. The molecule has 1 aromatic rings. The van der Waals surface area contributed by atoms with Crippen molar-refractivity contribution in [3.8, 4) is 0 Å². The number of aromatic nitrogens is 1. The summed E-state index contributed by atoms with van der Waals surface area (Å²) in [7, 11) is -3.70. The molecule has 3 N–H and O–H groups in total. The fraction of sp³-hybridized carbons (Fsp3) is 0.400. The number of pyridine rings is 1. The molecule has 0 bridgehead atoms. The standard InChI is InChI=1S/C10H13BrClN3O3S/c11-7-5-8(10(12)14-6-7)19(17,18)15-4-2-1-3-9(13)16/h5-6,15H,1-4H2,(H2,13,16). The quantitative estimate of drug-likeness (QED) is 0.560. The van der Waals surface area contributed by atoms with E-state index in [-0.39, 0.29) is 23.0 Å². The van der Waals surface area contributed by atoms with Gasteiger partial charge in [-0.1, -0.05) is 11.6 Å². The Morgan fingerprint density at radius 2 is 2.16 bits per heavy atom. The molecule has 106 valence electrons. The molecule has 0 aliphatic rings. The molecule has 9 heteroatoms. The van der Waals surface area contributed by atoms with Gasteiger partial charge in [-0.3, -0.25) is 4.79 Å². The summed E-state index contributed by atoms with van der Waals surface area (Å²) >= 11 is 8.88. The molecule has 19 heavy (non-hydrogen) atoms. The van der Waals surface area contributed by atoms with Gasteiger partial charge in [0.25, 0.3) is 0 Å². The van der Waals surface area contributed by atoms with E-state index >= 15 is 0 Å². The number of amides is 1. The fourth-order valence-corrected chi connectivity index (χ4v) is 3.32. The largest absolute Gasteiger partial charge is 0.370 e. The van der Waals surface area contributed by atoms with Crippen LogP contribution in [0, 0.1) is 0 Å². The number of halogens is 2. The molecule has 1 heterocycles. The first-order valence-electron chi connectivity index (χ1n) is 5.42. The molecule has 1 rings (SSSR count). The van der Waals surface area contributed by atoms with Crippen molar-refractivity contribution in [1.82, 2.24) is 9.71 Å². The summed E-state index contributed by atoms with van der Waals surface area (Å²) < 4.78 is 26.8. The van der Waals surface area contributed by atoms with Gasteiger partial charge >= 0.3 is 0 Å². The lowest BCUT2D eigenvalue weighted by Crippen LogP contribution is -2.25. The second-order valence-corrected chi connectivity index (χ2v) is 6.77. The van der Waals surface area contributed by atoms with Crippen LogP contribution in [0.5, 0.6) is 0 Å². The Hall–Kier alpha value is -0.700. The van der Waals surface area contributed by atoms with Crippen LogP contribution in [0.4, 0.5) is 0 Å². The summed E-state index contributed by atoms with van der Waals surface area (Å²) in [5.74, 6) is -0.401. The molecule has 0 radical (unpaired) electrons. The Bertz CT molecular complexity index is 565. The van der Waals surface area contributed by atoms with Crippen LogP contribution in [0.1, 0.15) is 19.3 Å². The molecule has 0 aliphatic carbocycles. The van der Waals surface area contributed by atoms with Crippen molar-refractivity contribution in [2.24, 2.45) is 5.73 Å². The highest BCUT2D eigenvalue weighted by molar-refractivity contribution is 9.10. The second-order valence-electron chi connectivity index (χ2n) is 3.76. The van der Waals surface area contributed by atoms with Crippen molar-refractivity contribution in [1.29, 1.82) is 0 Å². The number of rotatable bonds is 7. The summed E-state index contributed by atoms with van der Waals surface area (Å²) in [6.45, 7) is 0.207. The van der Waals surface area contributed by atoms with Gasteiger partial charge in [0.2, 0.25) is 15.9 Å². The van der Waals surface area contributed by atoms with Gasteiger partial charge in [-0.2, -0.15) is 0 Å². The van der Waals surface area contributed by atoms with Gasteiger partial charge in [-0.25, -0.2) is 18.1 Å². The van der Waals surface area contributed by atoms with Crippen molar-refractivity contribution < 1.29 is 13.2 Å². The number of sulfonamides is 1. The van der Waals surface area contributed by atoms with Gasteiger partial charge in [0, 0.05) is 23.6 Å². The number of hydrogen-bond acceptors (Lipinski definition) is 4. The minimum atomic E-state index is -3.70. The van der Waals surface area contributed by atoms with Gasteiger partial charge in [0.1, 0.15) is 10.0 Å². The normalized spacial score (nSPS) is 11.5. The average molecular weight is 371 g/mol. The highest BCUT2D eigenvalue weighted by Crippen LogP contribution is 2.22. The van der Waals surface area contributed by atoms with Crippen LogP contribution in [-0.4, -0.2) is 25.9 Å². The molecular weight excluding hydrogens is 358 g/mol. The zero-order chi connectivity index (χ0) is 14.5. The van der Waals surface area contributed by atoms with Gasteiger partial charge in [0.05, 0.1) is 0 Å². The van der Waals surface area contributed by atoms with E-state index in [1.165, 1.54) is 12.3 Å². The second kappa shape index (κ2) is 7.18. The summed E-state index contributed by atoms with van der Waals surface area (Å²) in [5.41, 5.74) is 4.98.